The van der Waals surface area contributed by atoms with Crippen LogP contribution in [0.5, 0.6) is 0 Å². The predicted octanol–water partition coefficient (Wildman–Crippen LogP) is 3.86. The average molecular weight is 396 g/mol. The first kappa shape index (κ1) is 18.7. The molecule has 29 heavy (non-hydrogen) atoms. The number of hydrogen-bond acceptors (Lipinski definition) is 6. The van der Waals surface area contributed by atoms with Crippen molar-refractivity contribution < 1.29 is 19.3 Å². The van der Waals surface area contributed by atoms with Crippen LogP contribution in [0.15, 0.2) is 60.7 Å². The summed E-state index contributed by atoms with van der Waals surface area (Å²) in [5.74, 6) is -1.19. The highest BCUT2D eigenvalue weighted by atomic mass is 17.0. The molecule has 0 spiro atoms. The van der Waals surface area contributed by atoms with Gasteiger partial charge in [-0.1, -0.05) is 65.9 Å². The van der Waals surface area contributed by atoms with E-state index in [0.29, 0.717) is 0 Å². The van der Waals surface area contributed by atoms with Crippen molar-refractivity contribution in [3.05, 3.63) is 81.9 Å². The number of ether oxygens (including phenoxy) is 1. The van der Waals surface area contributed by atoms with Gasteiger partial charge in [0, 0.05) is 25.4 Å². The SMILES string of the molecule is CO[C@@]12CCC[C@@H]1[C@@H](c1ccccc1)[C@@H]1[C@H](c3ccccc3)[C@@H]([N+](=O)[O-])ON1O2. The smallest absolute Gasteiger partial charge is 0.341 e. The molecule has 0 radical (unpaired) electrons. The zero-order valence-corrected chi connectivity index (χ0v) is 16.2. The number of hydroxylamine groups is 2. The number of benzene rings is 2. The Labute approximate surface area is 169 Å². The van der Waals surface area contributed by atoms with Crippen molar-refractivity contribution in [2.75, 3.05) is 7.11 Å². The van der Waals surface area contributed by atoms with Gasteiger partial charge in [-0.15, -0.1) is 0 Å². The summed E-state index contributed by atoms with van der Waals surface area (Å²) in [7, 11) is 1.65. The fraction of sp³-hybridized carbons (Fsp3) is 0.455. The van der Waals surface area contributed by atoms with Gasteiger partial charge >= 0.3 is 6.23 Å². The molecule has 0 aromatic heterocycles. The van der Waals surface area contributed by atoms with Gasteiger partial charge in [-0.05, 0) is 24.0 Å². The summed E-state index contributed by atoms with van der Waals surface area (Å²) in [6.45, 7) is 0. The normalized spacial score (nSPS) is 36.5. The summed E-state index contributed by atoms with van der Waals surface area (Å²) >= 11 is 0. The minimum absolute atomic E-state index is 0.0115. The van der Waals surface area contributed by atoms with Crippen LogP contribution in [0.4, 0.5) is 0 Å². The summed E-state index contributed by atoms with van der Waals surface area (Å²) in [6.07, 6.45) is 1.46. The molecule has 0 bridgehead atoms. The quantitative estimate of drug-likeness (QED) is 0.577. The first-order valence-corrected chi connectivity index (χ1v) is 10.1. The standard InChI is InChI=1S/C22H24N2O5/c1-27-22-14-8-13-17(22)18(15-9-4-2-5-10-15)20-19(16-11-6-3-7-12-16)21(23(25)26)28-24(20)29-22/h2-7,9-12,17-21H,8,13-14H2,1H3/t17-,18-,19+,20-,21+,22-/m1/s1. The molecule has 2 heterocycles. The molecular weight excluding hydrogens is 372 g/mol. The van der Waals surface area contributed by atoms with Gasteiger partial charge in [0.2, 0.25) is 0 Å². The first-order valence-electron chi connectivity index (χ1n) is 10.1. The minimum atomic E-state index is -1.21. The van der Waals surface area contributed by atoms with Gasteiger partial charge in [-0.2, -0.15) is 4.84 Å². The van der Waals surface area contributed by atoms with Gasteiger partial charge in [-0.3, -0.25) is 10.1 Å². The van der Waals surface area contributed by atoms with Gasteiger partial charge < -0.3 is 4.74 Å². The zero-order valence-electron chi connectivity index (χ0n) is 16.2. The van der Waals surface area contributed by atoms with E-state index < -0.39 is 17.9 Å². The zero-order chi connectivity index (χ0) is 20.0. The molecule has 2 aliphatic heterocycles. The minimum Gasteiger partial charge on any atom is -0.351 e. The van der Waals surface area contributed by atoms with E-state index in [-0.39, 0.29) is 22.8 Å². The molecule has 3 fully saturated rings. The largest absolute Gasteiger partial charge is 0.351 e. The third kappa shape index (κ3) is 2.88. The lowest BCUT2D eigenvalue weighted by Crippen LogP contribution is -2.57. The Morgan fingerprint density at radius 3 is 2.28 bits per heavy atom. The summed E-state index contributed by atoms with van der Waals surface area (Å²) in [4.78, 5) is 23.6. The second-order valence-corrected chi connectivity index (χ2v) is 8.04. The molecule has 2 aromatic rings. The van der Waals surface area contributed by atoms with Crippen LogP contribution < -0.4 is 0 Å². The monoisotopic (exact) mass is 396 g/mol. The van der Waals surface area contributed by atoms with Crippen molar-refractivity contribution in [1.29, 1.82) is 0 Å². The molecule has 1 aliphatic carbocycles. The van der Waals surface area contributed by atoms with E-state index in [2.05, 4.69) is 12.1 Å². The maximum absolute atomic E-state index is 11.9. The fourth-order valence-corrected chi connectivity index (χ4v) is 5.51. The Bertz CT molecular complexity index is 879. The Morgan fingerprint density at radius 1 is 1.07 bits per heavy atom. The van der Waals surface area contributed by atoms with Crippen molar-refractivity contribution >= 4 is 0 Å². The molecule has 2 saturated heterocycles. The lowest BCUT2D eigenvalue weighted by atomic mass is 9.71. The first-order chi connectivity index (χ1) is 14.1. The molecule has 5 rings (SSSR count). The maximum Gasteiger partial charge on any atom is 0.341 e. The molecule has 0 amide bonds. The summed E-state index contributed by atoms with van der Waals surface area (Å²) in [5.41, 5.74) is 2.02. The second kappa shape index (κ2) is 7.18. The van der Waals surface area contributed by atoms with Gasteiger partial charge in [-0.25, -0.2) is 4.84 Å². The lowest BCUT2D eigenvalue weighted by molar-refractivity contribution is -0.612. The second-order valence-electron chi connectivity index (χ2n) is 8.04. The highest BCUT2D eigenvalue weighted by Crippen LogP contribution is 2.58. The van der Waals surface area contributed by atoms with E-state index >= 15 is 0 Å². The van der Waals surface area contributed by atoms with Gasteiger partial charge in [0.05, 0.1) is 11.0 Å². The number of nitrogens with zero attached hydrogens (tertiary/aromatic N) is 2. The number of methoxy groups -OCH3 is 1. The third-order valence-corrected chi connectivity index (χ3v) is 6.70. The predicted molar refractivity (Wildman–Crippen MR) is 104 cm³/mol. The Balaban J connectivity index is 1.66. The van der Waals surface area contributed by atoms with Crippen LogP contribution in [0.2, 0.25) is 0 Å². The Kier molecular flexibility index (Phi) is 4.63. The molecular formula is C22H24N2O5. The van der Waals surface area contributed by atoms with Crippen LogP contribution in [-0.4, -0.2) is 35.3 Å². The molecule has 0 unspecified atom stereocenters. The highest BCUT2D eigenvalue weighted by molar-refractivity contribution is 5.31. The van der Waals surface area contributed by atoms with E-state index in [1.165, 1.54) is 5.23 Å². The number of nitro groups is 1. The molecule has 152 valence electrons. The Hall–Kier alpha value is -2.32. The average Bonchev–Trinajstić information content (AvgIpc) is 3.35. The van der Waals surface area contributed by atoms with Crippen LogP contribution in [0.1, 0.15) is 42.2 Å². The maximum atomic E-state index is 11.9. The molecule has 1 saturated carbocycles. The van der Waals surface area contributed by atoms with E-state index in [4.69, 9.17) is 14.4 Å². The van der Waals surface area contributed by atoms with Gasteiger partial charge in [0.25, 0.3) is 0 Å². The summed E-state index contributed by atoms with van der Waals surface area (Å²) in [5, 5.41) is 13.3. The van der Waals surface area contributed by atoms with Crippen molar-refractivity contribution in [2.24, 2.45) is 5.92 Å². The molecule has 6 atom stereocenters. The van der Waals surface area contributed by atoms with Crippen LogP contribution in [0.3, 0.4) is 0 Å². The van der Waals surface area contributed by atoms with Crippen molar-refractivity contribution in [3.63, 3.8) is 0 Å². The molecule has 2 aromatic carbocycles. The van der Waals surface area contributed by atoms with Crippen molar-refractivity contribution in [3.8, 4) is 0 Å². The van der Waals surface area contributed by atoms with E-state index in [9.17, 15) is 10.1 Å². The molecule has 7 nitrogen and oxygen atoms in total. The summed E-state index contributed by atoms with van der Waals surface area (Å²) in [6, 6.07) is 19.5. The topological polar surface area (TPSA) is 74.1 Å². The fourth-order valence-electron chi connectivity index (χ4n) is 5.51. The van der Waals surface area contributed by atoms with Crippen LogP contribution in [0, 0.1) is 16.0 Å². The van der Waals surface area contributed by atoms with Crippen LogP contribution in [0.25, 0.3) is 0 Å². The van der Waals surface area contributed by atoms with Crippen molar-refractivity contribution in [1.82, 2.24) is 5.23 Å². The van der Waals surface area contributed by atoms with E-state index in [0.717, 1.165) is 30.4 Å². The Morgan fingerprint density at radius 2 is 1.69 bits per heavy atom. The summed E-state index contributed by atoms with van der Waals surface area (Å²) < 4.78 is 5.89. The molecule has 3 aliphatic rings. The number of fused-ring (bicyclic) bond motifs is 2. The third-order valence-electron chi connectivity index (χ3n) is 6.70. The van der Waals surface area contributed by atoms with E-state index in [1.54, 1.807) is 7.11 Å². The van der Waals surface area contributed by atoms with Gasteiger partial charge in [0.15, 0.2) is 5.79 Å². The van der Waals surface area contributed by atoms with Crippen LogP contribution in [-0.2, 0) is 14.4 Å². The number of rotatable bonds is 4. The van der Waals surface area contributed by atoms with Gasteiger partial charge in [0.1, 0.15) is 5.92 Å². The van der Waals surface area contributed by atoms with Crippen molar-refractivity contribution in [2.45, 2.75) is 49.2 Å². The molecule has 0 N–H and O–H groups in total. The highest BCUT2D eigenvalue weighted by Gasteiger charge is 2.65. The number of hydrogen-bond donors (Lipinski definition) is 0. The lowest BCUT2D eigenvalue weighted by Gasteiger charge is -2.48. The molecule has 7 heteroatoms. The van der Waals surface area contributed by atoms with E-state index in [1.807, 2.05) is 48.5 Å². The van der Waals surface area contributed by atoms with Crippen LogP contribution >= 0.6 is 0 Å².